The standard InChI is InChI=1S/C68H112O6/c1-4-7-10-13-16-19-22-25-27-29-31-32-33-34-35-36-37-39-40-43-46-49-52-55-58-61-67(70)73-64-65(63-72-66(69)60-57-54-51-48-45-42-24-21-18-15-12-9-6-3)74-68(71)62-59-56-53-50-47-44-41-38-30-28-26-23-20-17-14-11-8-5-2/h7,9-10,12,16,18-19,21,25,27,31-32,34-35,37,39,42-43,45-46,65H,4-6,8,11,13-15,17,20,22-24,26,28-30,33,36,38,40-41,44,47-64H2,1-3H3/b10-7-,12-9-,19-16-,21-18-,27-25-,32-31-,35-34-,39-37-,45-42-,46-43-. The summed E-state index contributed by atoms with van der Waals surface area (Å²) >= 11 is 0. The van der Waals surface area contributed by atoms with Crippen LogP contribution < -0.4 is 0 Å². The van der Waals surface area contributed by atoms with Crippen molar-refractivity contribution in [1.29, 1.82) is 0 Å². The maximum Gasteiger partial charge on any atom is 0.306 e. The zero-order valence-corrected chi connectivity index (χ0v) is 48.1. The van der Waals surface area contributed by atoms with Crippen LogP contribution in [0.5, 0.6) is 0 Å². The molecule has 6 heteroatoms. The van der Waals surface area contributed by atoms with Crippen molar-refractivity contribution in [1.82, 2.24) is 0 Å². The maximum atomic E-state index is 12.9. The molecule has 1 unspecified atom stereocenters. The minimum Gasteiger partial charge on any atom is -0.462 e. The highest BCUT2D eigenvalue weighted by atomic mass is 16.6. The van der Waals surface area contributed by atoms with Gasteiger partial charge >= 0.3 is 17.9 Å². The Balaban J connectivity index is 4.44. The van der Waals surface area contributed by atoms with Crippen LogP contribution in [0.15, 0.2) is 122 Å². The van der Waals surface area contributed by atoms with Gasteiger partial charge in [0.1, 0.15) is 13.2 Å². The van der Waals surface area contributed by atoms with E-state index >= 15 is 0 Å². The van der Waals surface area contributed by atoms with E-state index in [0.29, 0.717) is 19.3 Å². The molecule has 0 aromatic heterocycles. The number of rotatable bonds is 54. The molecular weight excluding hydrogens is 913 g/mol. The van der Waals surface area contributed by atoms with Gasteiger partial charge in [0.15, 0.2) is 6.10 Å². The van der Waals surface area contributed by atoms with Crippen molar-refractivity contribution in [2.45, 2.75) is 277 Å². The molecule has 0 amide bonds. The number of ether oxygens (including phenoxy) is 3. The first-order chi connectivity index (χ1) is 36.5. The lowest BCUT2D eigenvalue weighted by Gasteiger charge is -2.18. The number of allylic oxidation sites excluding steroid dienone is 20. The molecule has 0 heterocycles. The van der Waals surface area contributed by atoms with Crippen molar-refractivity contribution in [3.8, 4) is 0 Å². The van der Waals surface area contributed by atoms with E-state index in [4.69, 9.17) is 14.2 Å². The highest BCUT2D eigenvalue weighted by Gasteiger charge is 2.19. The summed E-state index contributed by atoms with van der Waals surface area (Å²) in [5, 5.41) is 0. The molecule has 0 rings (SSSR count). The number of hydrogen-bond donors (Lipinski definition) is 0. The van der Waals surface area contributed by atoms with Gasteiger partial charge in [-0.05, 0) is 109 Å². The van der Waals surface area contributed by atoms with Crippen molar-refractivity contribution < 1.29 is 28.6 Å². The van der Waals surface area contributed by atoms with Crippen molar-refractivity contribution in [2.75, 3.05) is 13.2 Å². The molecule has 0 bridgehead atoms. The predicted octanol–water partition coefficient (Wildman–Crippen LogP) is 20.8. The predicted molar refractivity (Wildman–Crippen MR) is 320 cm³/mol. The Kier molecular flexibility index (Phi) is 57.9. The molecule has 0 fully saturated rings. The Morgan fingerprint density at radius 3 is 0.824 bits per heavy atom. The number of hydrogen-bond acceptors (Lipinski definition) is 6. The van der Waals surface area contributed by atoms with E-state index in [1.165, 1.54) is 96.3 Å². The molecule has 0 aliphatic carbocycles. The molecule has 420 valence electrons. The quantitative estimate of drug-likeness (QED) is 0.0261. The summed E-state index contributed by atoms with van der Waals surface area (Å²) < 4.78 is 16.8. The fourth-order valence-electron chi connectivity index (χ4n) is 8.20. The van der Waals surface area contributed by atoms with Crippen LogP contribution in [-0.4, -0.2) is 37.2 Å². The van der Waals surface area contributed by atoms with Gasteiger partial charge in [0, 0.05) is 19.3 Å². The Morgan fingerprint density at radius 2 is 0.527 bits per heavy atom. The fourth-order valence-corrected chi connectivity index (χ4v) is 8.20. The molecule has 0 radical (unpaired) electrons. The fraction of sp³-hybridized carbons (Fsp3) is 0.662. The lowest BCUT2D eigenvalue weighted by Crippen LogP contribution is -2.30. The molecule has 0 aromatic carbocycles. The van der Waals surface area contributed by atoms with E-state index in [1.807, 2.05) is 0 Å². The van der Waals surface area contributed by atoms with Crippen LogP contribution >= 0.6 is 0 Å². The van der Waals surface area contributed by atoms with Crippen molar-refractivity contribution >= 4 is 17.9 Å². The summed E-state index contributed by atoms with van der Waals surface area (Å²) in [6.45, 7) is 6.37. The van der Waals surface area contributed by atoms with Gasteiger partial charge in [-0.3, -0.25) is 14.4 Å². The average Bonchev–Trinajstić information content (AvgIpc) is 3.40. The van der Waals surface area contributed by atoms with Crippen molar-refractivity contribution in [2.24, 2.45) is 0 Å². The number of carbonyl (C=O) groups excluding carboxylic acids is 3. The molecule has 1 atom stereocenters. The van der Waals surface area contributed by atoms with Crippen molar-refractivity contribution in [3.05, 3.63) is 122 Å². The lowest BCUT2D eigenvalue weighted by molar-refractivity contribution is -0.167. The summed E-state index contributed by atoms with van der Waals surface area (Å²) in [5.41, 5.74) is 0. The van der Waals surface area contributed by atoms with E-state index in [9.17, 15) is 14.4 Å². The minimum absolute atomic E-state index is 0.105. The van der Waals surface area contributed by atoms with E-state index in [0.717, 1.165) is 135 Å². The third-order valence-electron chi connectivity index (χ3n) is 12.7. The molecule has 0 saturated heterocycles. The Hall–Kier alpha value is -4.19. The molecule has 0 N–H and O–H groups in total. The smallest absolute Gasteiger partial charge is 0.306 e. The third kappa shape index (κ3) is 58.7. The summed E-state index contributed by atoms with van der Waals surface area (Å²) in [7, 11) is 0. The second-order valence-corrected chi connectivity index (χ2v) is 19.9. The molecule has 0 aliphatic rings. The molecular formula is C68H112O6. The first-order valence-electron chi connectivity index (χ1n) is 30.5. The van der Waals surface area contributed by atoms with E-state index in [-0.39, 0.29) is 31.1 Å². The Labute approximate surface area is 456 Å². The van der Waals surface area contributed by atoms with Gasteiger partial charge in [0.25, 0.3) is 0 Å². The highest BCUT2D eigenvalue weighted by Crippen LogP contribution is 2.16. The number of unbranched alkanes of at least 4 members (excludes halogenated alkanes) is 23. The third-order valence-corrected chi connectivity index (χ3v) is 12.7. The maximum absolute atomic E-state index is 12.9. The van der Waals surface area contributed by atoms with Gasteiger partial charge in [-0.25, -0.2) is 0 Å². The van der Waals surface area contributed by atoms with Gasteiger partial charge in [-0.15, -0.1) is 0 Å². The average molecular weight is 1030 g/mol. The van der Waals surface area contributed by atoms with Gasteiger partial charge in [0.05, 0.1) is 0 Å². The normalized spacial score (nSPS) is 13.0. The number of carbonyl (C=O) groups is 3. The zero-order valence-electron chi connectivity index (χ0n) is 48.1. The van der Waals surface area contributed by atoms with Crippen LogP contribution in [0, 0.1) is 0 Å². The molecule has 0 aliphatic heterocycles. The van der Waals surface area contributed by atoms with Gasteiger partial charge in [-0.1, -0.05) is 264 Å². The molecule has 74 heavy (non-hydrogen) atoms. The topological polar surface area (TPSA) is 78.9 Å². The van der Waals surface area contributed by atoms with Crippen LogP contribution in [0.3, 0.4) is 0 Å². The molecule has 0 aromatic rings. The van der Waals surface area contributed by atoms with Gasteiger partial charge < -0.3 is 14.2 Å². The van der Waals surface area contributed by atoms with Crippen LogP contribution in [-0.2, 0) is 28.6 Å². The second-order valence-electron chi connectivity index (χ2n) is 19.9. The molecule has 0 saturated carbocycles. The second kappa shape index (κ2) is 61.4. The van der Waals surface area contributed by atoms with E-state index < -0.39 is 6.10 Å². The van der Waals surface area contributed by atoms with Crippen LogP contribution in [0.2, 0.25) is 0 Å². The van der Waals surface area contributed by atoms with Crippen LogP contribution in [0.4, 0.5) is 0 Å². The van der Waals surface area contributed by atoms with E-state index in [1.54, 1.807) is 0 Å². The minimum atomic E-state index is -0.806. The summed E-state index contributed by atoms with van der Waals surface area (Å²) in [5.74, 6) is -0.960. The Morgan fingerprint density at radius 1 is 0.284 bits per heavy atom. The van der Waals surface area contributed by atoms with Crippen LogP contribution in [0.1, 0.15) is 271 Å². The zero-order chi connectivity index (χ0) is 53.6. The molecule has 0 spiro atoms. The Bertz CT molecular complexity index is 1550. The summed E-state index contributed by atoms with van der Waals surface area (Å²) in [6, 6.07) is 0. The largest absolute Gasteiger partial charge is 0.462 e. The van der Waals surface area contributed by atoms with E-state index in [2.05, 4.69) is 142 Å². The first kappa shape index (κ1) is 69.8. The monoisotopic (exact) mass is 1020 g/mol. The molecule has 6 nitrogen and oxygen atoms in total. The van der Waals surface area contributed by atoms with Crippen molar-refractivity contribution in [3.63, 3.8) is 0 Å². The highest BCUT2D eigenvalue weighted by molar-refractivity contribution is 5.71. The van der Waals surface area contributed by atoms with Crippen LogP contribution in [0.25, 0.3) is 0 Å². The van der Waals surface area contributed by atoms with Gasteiger partial charge in [0.2, 0.25) is 0 Å². The first-order valence-corrected chi connectivity index (χ1v) is 30.5. The lowest BCUT2D eigenvalue weighted by atomic mass is 10.0. The van der Waals surface area contributed by atoms with Gasteiger partial charge in [-0.2, -0.15) is 0 Å². The number of esters is 3. The summed E-state index contributed by atoms with van der Waals surface area (Å²) in [4.78, 5) is 38.2. The summed E-state index contributed by atoms with van der Waals surface area (Å²) in [6.07, 6.45) is 84.9. The SMILES string of the molecule is CC/C=C\C/C=C\C/C=C\C/C=C\C/C=C\C/C=C\C/C=C\CCCCCC(=O)OCC(COC(=O)CCCCC/C=C\C/C=C\C/C=C\CC)OC(=O)CCCCCCCCCCCCCCCCCCCC.